The Balaban J connectivity index is 1.68. The predicted molar refractivity (Wildman–Crippen MR) is 122 cm³/mol. The number of likely N-dealkylation sites (tertiary alicyclic amines) is 1. The fourth-order valence-electron chi connectivity index (χ4n) is 5.89. The van der Waals surface area contributed by atoms with Crippen molar-refractivity contribution in [3.05, 3.63) is 60.2 Å². The highest BCUT2D eigenvalue weighted by atomic mass is 16.6. The molecule has 6 atom stereocenters. The molecule has 1 aromatic carbocycles. The van der Waals surface area contributed by atoms with E-state index in [0.29, 0.717) is 18.5 Å². The lowest BCUT2D eigenvalue weighted by atomic mass is 9.77. The van der Waals surface area contributed by atoms with Crippen molar-refractivity contribution in [2.75, 3.05) is 19.8 Å². The number of amides is 2. The highest BCUT2D eigenvalue weighted by molar-refractivity contribution is 5.99. The summed E-state index contributed by atoms with van der Waals surface area (Å²) in [6.45, 7) is 4.09. The van der Waals surface area contributed by atoms with E-state index in [9.17, 15) is 19.5 Å². The van der Waals surface area contributed by atoms with E-state index in [1.807, 2.05) is 62.4 Å². The summed E-state index contributed by atoms with van der Waals surface area (Å²) in [6.07, 6.45) is 7.26. The number of rotatable bonds is 4. The van der Waals surface area contributed by atoms with Crippen LogP contribution in [0.25, 0.3) is 0 Å². The van der Waals surface area contributed by atoms with Gasteiger partial charge < -0.3 is 24.4 Å². The third-order valence-corrected chi connectivity index (χ3v) is 7.41. The molecule has 0 radical (unpaired) electrons. The molecule has 4 aliphatic rings. The largest absolute Gasteiger partial charge is 0.465 e. The summed E-state index contributed by atoms with van der Waals surface area (Å²) >= 11 is 0. The van der Waals surface area contributed by atoms with Crippen LogP contribution in [-0.4, -0.2) is 76.2 Å². The third-order valence-electron chi connectivity index (χ3n) is 7.41. The lowest BCUT2D eigenvalue weighted by Crippen LogP contribution is -2.57. The van der Waals surface area contributed by atoms with Gasteiger partial charge in [0.2, 0.25) is 11.8 Å². The Morgan fingerprint density at radius 2 is 1.88 bits per heavy atom. The Hall–Kier alpha value is -2.97. The second-order valence-corrected chi connectivity index (χ2v) is 9.57. The van der Waals surface area contributed by atoms with Gasteiger partial charge in [-0.3, -0.25) is 14.4 Å². The van der Waals surface area contributed by atoms with Crippen LogP contribution in [0.5, 0.6) is 0 Å². The number of aliphatic hydroxyl groups is 1. The van der Waals surface area contributed by atoms with Crippen LogP contribution in [0.2, 0.25) is 0 Å². The summed E-state index contributed by atoms with van der Waals surface area (Å²) in [5.41, 5.74) is -0.620. The zero-order valence-electron chi connectivity index (χ0n) is 19.4. The second kappa shape index (κ2) is 8.67. The van der Waals surface area contributed by atoms with Gasteiger partial charge in [0, 0.05) is 12.6 Å². The van der Waals surface area contributed by atoms with E-state index >= 15 is 0 Å². The van der Waals surface area contributed by atoms with Crippen LogP contribution < -0.4 is 0 Å². The minimum atomic E-state index is -1.33. The third kappa shape index (κ3) is 3.31. The summed E-state index contributed by atoms with van der Waals surface area (Å²) in [4.78, 5) is 44.4. The number of carbonyl (C=O) groups is 3. The zero-order chi connectivity index (χ0) is 24.0. The van der Waals surface area contributed by atoms with Crippen LogP contribution >= 0.6 is 0 Å². The Morgan fingerprint density at radius 1 is 1.12 bits per heavy atom. The van der Waals surface area contributed by atoms with Crippen molar-refractivity contribution in [2.24, 2.45) is 11.8 Å². The summed E-state index contributed by atoms with van der Waals surface area (Å²) in [5.74, 6) is -2.92. The van der Waals surface area contributed by atoms with Crippen LogP contribution in [0.4, 0.5) is 0 Å². The van der Waals surface area contributed by atoms with Gasteiger partial charge in [-0.1, -0.05) is 54.6 Å². The van der Waals surface area contributed by atoms with E-state index in [1.54, 1.807) is 11.0 Å². The van der Waals surface area contributed by atoms with E-state index in [-0.39, 0.29) is 31.1 Å². The summed E-state index contributed by atoms with van der Waals surface area (Å²) in [5, 5.41) is 10.4. The first kappa shape index (κ1) is 22.8. The van der Waals surface area contributed by atoms with Gasteiger partial charge in [0.1, 0.15) is 17.6 Å². The van der Waals surface area contributed by atoms with Gasteiger partial charge in [0.05, 0.1) is 31.3 Å². The van der Waals surface area contributed by atoms with Gasteiger partial charge in [0.25, 0.3) is 0 Å². The summed E-state index contributed by atoms with van der Waals surface area (Å²) < 4.78 is 12.0. The molecule has 1 spiro atoms. The van der Waals surface area contributed by atoms with Crippen LogP contribution in [-0.2, 0) is 23.9 Å². The maximum atomic E-state index is 14.2. The quantitative estimate of drug-likeness (QED) is 0.535. The van der Waals surface area contributed by atoms with E-state index in [2.05, 4.69) is 0 Å². The maximum absolute atomic E-state index is 14.2. The van der Waals surface area contributed by atoms with Gasteiger partial charge in [-0.05, 0) is 25.8 Å². The molecule has 8 nitrogen and oxygen atoms in total. The van der Waals surface area contributed by atoms with Crippen molar-refractivity contribution in [2.45, 2.75) is 50.1 Å². The molecule has 180 valence electrons. The number of ether oxygens (including phenoxy) is 2. The van der Waals surface area contributed by atoms with E-state index in [1.165, 1.54) is 4.90 Å². The minimum absolute atomic E-state index is 0.104. The number of carbonyl (C=O) groups excluding carboxylic acids is 3. The van der Waals surface area contributed by atoms with Crippen molar-refractivity contribution in [3.63, 3.8) is 0 Å². The predicted octanol–water partition coefficient (Wildman–Crippen LogP) is 1.61. The van der Waals surface area contributed by atoms with Gasteiger partial charge in [-0.15, -0.1) is 0 Å². The first-order chi connectivity index (χ1) is 16.4. The number of hydrogen-bond acceptors (Lipinski definition) is 6. The number of esters is 1. The number of hydrogen-bond donors (Lipinski definition) is 1. The average Bonchev–Trinajstić information content (AvgIpc) is 3.19. The molecular weight excluding hydrogens is 436 g/mol. The van der Waals surface area contributed by atoms with Crippen molar-refractivity contribution in [3.8, 4) is 0 Å². The molecule has 4 heterocycles. The summed E-state index contributed by atoms with van der Waals surface area (Å²) in [7, 11) is 0. The molecule has 0 aromatic heterocycles. The van der Waals surface area contributed by atoms with Gasteiger partial charge in [-0.25, -0.2) is 0 Å². The highest BCUT2D eigenvalue weighted by Crippen LogP contribution is 2.55. The molecular formula is C26H30N2O6. The molecule has 5 rings (SSSR count). The second-order valence-electron chi connectivity index (χ2n) is 9.57. The molecule has 0 bridgehead atoms. The zero-order valence-corrected chi connectivity index (χ0v) is 19.4. The first-order valence-electron chi connectivity index (χ1n) is 11.9. The Labute approximate surface area is 198 Å². The standard InChI is InChI=1S/C26H30N2O6/c1-16(2)27-13-8-12-26-21(20-19(34-26)11-6-7-14-33-25(20)32)23(30)28(22(26)24(27)31)18(15-29)17-9-4-3-5-10-17/h3-6,8-12,16,18-22,29H,7,13-15H2,1-2H3/t18-,19+,20-,21+,22?,26+/m1/s1. The Kier molecular flexibility index (Phi) is 5.81. The maximum Gasteiger partial charge on any atom is 0.312 e. The number of fused-ring (bicyclic) bond motifs is 2. The molecule has 2 saturated heterocycles. The molecule has 2 amide bonds. The molecule has 8 heteroatoms. The molecule has 2 fully saturated rings. The molecule has 34 heavy (non-hydrogen) atoms. The fraction of sp³-hybridized carbons (Fsp3) is 0.500. The van der Waals surface area contributed by atoms with Crippen molar-refractivity contribution in [1.82, 2.24) is 9.80 Å². The molecule has 1 N–H and O–H groups in total. The molecule has 0 aliphatic carbocycles. The Bertz CT molecular complexity index is 1040. The SMILES string of the molecule is CC(C)N1CC=C[C@]23O[C@H]4C=CCCOC(=O)[C@H]4[C@H]2C(=O)N([C@H](CO)c2ccccc2)C3C1=O. The number of cyclic esters (lactones) is 1. The van der Waals surface area contributed by atoms with Crippen molar-refractivity contribution in [1.29, 1.82) is 0 Å². The normalized spacial score (nSPS) is 33.7. The molecule has 1 aromatic rings. The molecule has 4 aliphatic heterocycles. The van der Waals surface area contributed by atoms with Crippen LogP contribution in [0.15, 0.2) is 54.6 Å². The lowest BCUT2D eigenvalue weighted by molar-refractivity contribution is -0.157. The summed E-state index contributed by atoms with van der Waals surface area (Å²) in [6, 6.07) is 7.27. The van der Waals surface area contributed by atoms with Crippen LogP contribution in [0, 0.1) is 11.8 Å². The number of aliphatic hydroxyl groups excluding tert-OH is 1. The Morgan fingerprint density at radius 3 is 2.59 bits per heavy atom. The first-order valence-corrected chi connectivity index (χ1v) is 11.9. The van der Waals surface area contributed by atoms with E-state index < -0.39 is 41.6 Å². The van der Waals surface area contributed by atoms with E-state index in [4.69, 9.17) is 9.47 Å². The van der Waals surface area contributed by atoms with Crippen molar-refractivity contribution < 1.29 is 29.0 Å². The molecule has 0 saturated carbocycles. The topological polar surface area (TPSA) is 96.4 Å². The van der Waals surface area contributed by atoms with Gasteiger partial charge in [-0.2, -0.15) is 0 Å². The van der Waals surface area contributed by atoms with E-state index in [0.717, 1.165) is 0 Å². The number of nitrogens with zero attached hydrogens (tertiary/aromatic N) is 2. The van der Waals surface area contributed by atoms with Crippen LogP contribution in [0.1, 0.15) is 31.9 Å². The van der Waals surface area contributed by atoms with Gasteiger partial charge >= 0.3 is 5.97 Å². The van der Waals surface area contributed by atoms with Crippen LogP contribution in [0.3, 0.4) is 0 Å². The monoisotopic (exact) mass is 466 g/mol. The minimum Gasteiger partial charge on any atom is -0.465 e. The average molecular weight is 467 g/mol. The highest BCUT2D eigenvalue weighted by Gasteiger charge is 2.72. The fourth-order valence-corrected chi connectivity index (χ4v) is 5.89. The molecule has 1 unspecified atom stereocenters. The smallest absolute Gasteiger partial charge is 0.312 e. The number of benzene rings is 1. The lowest BCUT2D eigenvalue weighted by Gasteiger charge is -2.39. The van der Waals surface area contributed by atoms with Gasteiger partial charge in [0.15, 0.2) is 0 Å². The van der Waals surface area contributed by atoms with Crippen molar-refractivity contribution >= 4 is 17.8 Å².